The maximum absolute atomic E-state index is 12.7. The predicted molar refractivity (Wildman–Crippen MR) is 103 cm³/mol. The van der Waals surface area contributed by atoms with E-state index in [4.69, 9.17) is 4.42 Å². The summed E-state index contributed by atoms with van der Waals surface area (Å²) >= 11 is 0. The lowest BCUT2D eigenvalue weighted by Gasteiger charge is -2.26. The van der Waals surface area contributed by atoms with Gasteiger partial charge in [0.2, 0.25) is 5.91 Å². The van der Waals surface area contributed by atoms with Crippen LogP contribution in [-0.2, 0) is 17.8 Å². The predicted octanol–water partition coefficient (Wildman–Crippen LogP) is 4.10. The Morgan fingerprint density at radius 2 is 1.78 bits per heavy atom. The molecule has 4 rings (SSSR count). The number of nitrogens with zero attached hydrogens (tertiary/aromatic N) is 1. The Hall–Kier alpha value is -3.34. The summed E-state index contributed by atoms with van der Waals surface area (Å²) in [5.41, 5.74) is 3.45. The van der Waals surface area contributed by atoms with Crippen LogP contribution in [0.5, 0.6) is 0 Å². The summed E-state index contributed by atoms with van der Waals surface area (Å²) in [5.74, 6) is 1.67. The molecule has 2 heterocycles. The van der Waals surface area contributed by atoms with Crippen LogP contribution in [0.15, 0.2) is 65.1 Å². The second-order valence-corrected chi connectivity index (χ2v) is 6.66. The van der Waals surface area contributed by atoms with E-state index in [1.54, 1.807) is 0 Å². The van der Waals surface area contributed by atoms with Crippen LogP contribution in [0, 0.1) is 0 Å². The van der Waals surface area contributed by atoms with E-state index in [2.05, 4.69) is 5.32 Å². The smallest absolute Gasteiger partial charge is 0.254 e. The van der Waals surface area contributed by atoms with E-state index in [1.807, 2.05) is 65.6 Å². The summed E-state index contributed by atoms with van der Waals surface area (Å²) in [4.78, 5) is 25.7. The Morgan fingerprint density at radius 1 is 1.04 bits per heavy atom. The molecule has 5 heteroatoms. The molecule has 1 N–H and O–H groups in total. The minimum Gasteiger partial charge on any atom is -0.461 e. The van der Waals surface area contributed by atoms with Crippen molar-refractivity contribution in [1.82, 2.24) is 4.90 Å². The highest BCUT2D eigenvalue weighted by molar-refractivity contribution is 5.94. The van der Waals surface area contributed by atoms with Gasteiger partial charge in [0.25, 0.3) is 5.91 Å². The van der Waals surface area contributed by atoms with Crippen molar-refractivity contribution in [3.8, 4) is 11.3 Å². The van der Waals surface area contributed by atoms with Gasteiger partial charge < -0.3 is 14.6 Å². The Balaban J connectivity index is 1.52. The van der Waals surface area contributed by atoms with Crippen molar-refractivity contribution in [1.29, 1.82) is 0 Å². The number of furan rings is 1. The van der Waals surface area contributed by atoms with Gasteiger partial charge in [0, 0.05) is 48.8 Å². The number of anilines is 1. The highest BCUT2D eigenvalue weighted by Gasteiger charge is 2.25. The molecule has 0 atom stereocenters. The molecule has 2 aromatic carbocycles. The molecule has 27 heavy (non-hydrogen) atoms. The summed E-state index contributed by atoms with van der Waals surface area (Å²) in [5, 5.41) is 2.75. The molecule has 0 fully saturated rings. The van der Waals surface area contributed by atoms with Gasteiger partial charge in [-0.25, -0.2) is 0 Å². The Labute approximate surface area is 157 Å². The third-order valence-corrected chi connectivity index (χ3v) is 4.66. The lowest BCUT2D eigenvalue weighted by Crippen LogP contribution is -2.35. The molecule has 136 valence electrons. The van der Waals surface area contributed by atoms with Crippen LogP contribution >= 0.6 is 0 Å². The van der Waals surface area contributed by atoms with Crippen molar-refractivity contribution in [2.45, 2.75) is 19.9 Å². The number of amides is 2. The van der Waals surface area contributed by atoms with Crippen LogP contribution in [-0.4, -0.2) is 23.3 Å². The summed E-state index contributed by atoms with van der Waals surface area (Å²) in [7, 11) is 0. The highest BCUT2D eigenvalue weighted by atomic mass is 16.3. The summed E-state index contributed by atoms with van der Waals surface area (Å²) < 4.78 is 6.02. The fourth-order valence-corrected chi connectivity index (χ4v) is 3.33. The quantitative estimate of drug-likeness (QED) is 0.765. The minimum absolute atomic E-state index is 0.0451. The third kappa shape index (κ3) is 3.62. The molecule has 5 nitrogen and oxygen atoms in total. The van der Waals surface area contributed by atoms with Crippen molar-refractivity contribution in [3.05, 3.63) is 77.6 Å². The number of rotatable bonds is 3. The summed E-state index contributed by atoms with van der Waals surface area (Å²) in [6.07, 6.45) is 0.706. The van der Waals surface area contributed by atoms with Crippen LogP contribution in [0.1, 0.15) is 28.6 Å². The molecular weight excluding hydrogens is 340 g/mol. The fraction of sp³-hybridized carbons (Fsp3) is 0.182. The number of hydrogen-bond donors (Lipinski definition) is 1. The molecule has 1 aromatic heterocycles. The molecule has 0 aliphatic carbocycles. The number of fused-ring (bicyclic) bond motifs is 1. The van der Waals surface area contributed by atoms with Crippen molar-refractivity contribution in [3.63, 3.8) is 0 Å². The van der Waals surface area contributed by atoms with E-state index < -0.39 is 0 Å². The van der Waals surface area contributed by atoms with Crippen LogP contribution in [0.25, 0.3) is 11.3 Å². The second kappa shape index (κ2) is 7.11. The van der Waals surface area contributed by atoms with Gasteiger partial charge in [-0.3, -0.25) is 9.59 Å². The lowest BCUT2D eigenvalue weighted by molar-refractivity contribution is -0.114. The SMILES string of the molecule is CC(=O)Nc1ccc(-c2cc3c(o2)CCN(C(=O)c2ccccc2)C3)cc1. The average molecular weight is 360 g/mol. The normalized spacial score (nSPS) is 13.1. The molecule has 0 radical (unpaired) electrons. The molecule has 1 aliphatic heterocycles. The number of benzene rings is 2. The first-order valence-corrected chi connectivity index (χ1v) is 8.94. The van der Waals surface area contributed by atoms with Crippen LogP contribution in [0.2, 0.25) is 0 Å². The summed E-state index contributed by atoms with van der Waals surface area (Å²) in [6.45, 7) is 2.68. The Bertz CT molecular complexity index is 975. The fourth-order valence-electron chi connectivity index (χ4n) is 3.33. The highest BCUT2D eigenvalue weighted by Crippen LogP contribution is 2.30. The number of nitrogens with one attached hydrogen (secondary N) is 1. The van der Waals surface area contributed by atoms with Crippen molar-refractivity contribution >= 4 is 17.5 Å². The molecule has 3 aromatic rings. The molecule has 1 aliphatic rings. The van der Waals surface area contributed by atoms with E-state index in [0.717, 1.165) is 28.3 Å². The Kier molecular flexibility index (Phi) is 4.50. The maximum Gasteiger partial charge on any atom is 0.254 e. The minimum atomic E-state index is -0.0978. The zero-order valence-electron chi connectivity index (χ0n) is 15.1. The van der Waals surface area contributed by atoms with Gasteiger partial charge in [0.05, 0.1) is 0 Å². The molecule has 0 bridgehead atoms. The molecule has 2 amide bonds. The monoisotopic (exact) mass is 360 g/mol. The maximum atomic E-state index is 12.7. The molecule has 0 unspecified atom stereocenters. The van der Waals surface area contributed by atoms with E-state index >= 15 is 0 Å². The number of hydrogen-bond acceptors (Lipinski definition) is 3. The van der Waals surface area contributed by atoms with Crippen molar-refractivity contribution < 1.29 is 14.0 Å². The summed E-state index contributed by atoms with van der Waals surface area (Å²) in [6, 6.07) is 18.9. The average Bonchev–Trinajstić information content (AvgIpc) is 3.11. The van der Waals surface area contributed by atoms with Gasteiger partial charge in [-0.05, 0) is 42.5 Å². The lowest BCUT2D eigenvalue weighted by atomic mass is 10.1. The van der Waals surface area contributed by atoms with E-state index in [0.29, 0.717) is 25.1 Å². The van der Waals surface area contributed by atoms with Crippen molar-refractivity contribution in [2.24, 2.45) is 0 Å². The molecular formula is C22H20N2O3. The largest absolute Gasteiger partial charge is 0.461 e. The standard InChI is InChI=1S/C22H20N2O3/c1-15(25)23-19-9-7-16(8-10-19)21-13-18-14-24(12-11-20(18)27-21)22(26)17-5-3-2-4-6-17/h2-10,13H,11-12,14H2,1H3,(H,23,25). The van der Waals surface area contributed by atoms with Gasteiger partial charge >= 0.3 is 0 Å². The van der Waals surface area contributed by atoms with Crippen LogP contribution < -0.4 is 5.32 Å². The van der Waals surface area contributed by atoms with Gasteiger partial charge in [-0.15, -0.1) is 0 Å². The molecule has 0 saturated heterocycles. The third-order valence-electron chi connectivity index (χ3n) is 4.66. The second-order valence-electron chi connectivity index (χ2n) is 6.66. The molecule has 0 saturated carbocycles. The first-order valence-electron chi connectivity index (χ1n) is 8.94. The topological polar surface area (TPSA) is 62.6 Å². The van der Waals surface area contributed by atoms with Gasteiger partial charge in [-0.2, -0.15) is 0 Å². The first-order chi connectivity index (χ1) is 13.1. The first kappa shape index (κ1) is 17.1. The zero-order chi connectivity index (χ0) is 18.8. The Morgan fingerprint density at radius 3 is 2.48 bits per heavy atom. The van der Waals surface area contributed by atoms with Crippen LogP contribution in [0.3, 0.4) is 0 Å². The number of carbonyl (C=O) groups excluding carboxylic acids is 2. The van der Waals surface area contributed by atoms with E-state index in [1.165, 1.54) is 6.92 Å². The van der Waals surface area contributed by atoms with Crippen LogP contribution in [0.4, 0.5) is 5.69 Å². The van der Waals surface area contributed by atoms with Crippen molar-refractivity contribution in [2.75, 3.05) is 11.9 Å². The van der Waals surface area contributed by atoms with E-state index in [9.17, 15) is 9.59 Å². The van der Waals surface area contributed by atoms with Gasteiger partial charge in [-0.1, -0.05) is 18.2 Å². The molecule has 0 spiro atoms. The number of carbonyl (C=O) groups is 2. The van der Waals surface area contributed by atoms with E-state index in [-0.39, 0.29) is 11.8 Å². The van der Waals surface area contributed by atoms with Gasteiger partial charge in [0.1, 0.15) is 11.5 Å². The zero-order valence-corrected chi connectivity index (χ0v) is 15.1. The van der Waals surface area contributed by atoms with Gasteiger partial charge in [0.15, 0.2) is 0 Å².